The molecule has 3 N–H and O–H groups in total. The topological polar surface area (TPSA) is 78.4 Å². The van der Waals surface area contributed by atoms with Gasteiger partial charge in [-0.05, 0) is 54.4 Å². The Hall–Kier alpha value is -1.89. The highest BCUT2D eigenvalue weighted by atomic mass is 35.5. The van der Waals surface area contributed by atoms with E-state index < -0.39 is 0 Å². The molecule has 1 aromatic carbocycles. The number of nitrogens with one attached hydrogen (secondary N) is 2. The van der Waals surface area contributed by atoms with Crippen molar-refractivity contribution in [3.05, 3.63) is 50.9 Å². The van der Waals surface area contributed by atoms with Crippen LogP contribution in [0.5, 0.6) is 0 Å². The van der Waals surface area contributed by atoms with Gasteiger partial charge in [-0.15, -0.1) is 11.3 Å². The quantitative estimate of drug-likeness (QED) is 0.647. The molecule has 1 atom stereocenters. The second-order valence-corrected chi connectivity index (χ2v) is 10.00. The third-order valence-electron chi connectivity index (χ3n) is 5.43. The molecule has 29 heavy (non-hydrogen) atoms. The molecular weight excluding hydrogens is 408 g/mol. The summed E-state index contributed by atoms with van der Waals surface area (Å²) in [7, 11) is 0. The van der Waals surface area contributed by atoms with Gasteiger partial charge in [0.25, 0.3) is 11.8 Å². The van der Waals surface area contributed by atoms with Gasteiger partial charge in [0.15, 0.2) is 0 Å². The monoisotopic (exact) mass is 434 g/mol. The number of aliphatic hydroxyl groups is 1. The van der Waals surface area contributed by atoms with Crippen molar-refractivity contribution < 1.29 is 14.7 Å². The zero-order chi connectivity index (χ0) is 21.2. The molecule has 5 nitrogen and oxygen atoms in total. The highest BCUT2D eigenvalue weighted by molar-refractivity contribution is 7.17. The summed E-state index contributed by atoms with van der Waals surface area (Å²) in [6, 6.07) is 6.73. The van der Waals surface area contributed by atoms with Crippen molar-refractivity contribution >= 4 is 39.8 Å². The summed E-state index contributed by atoms with van der Waals surface area (Å²) in [4.78, 5) is 26.7. The van der Waals surface area contributed by atoms with Crippen LogP contribution in [-0.2, 0) is 12.8 Å². The van der Waals surface area contributed by atoms with E-state index in [4.69, 9.17) is 16.7 Å². The van der Waals surface area contributed by atoms with Gasteiger partial charge < -0.3 is 15.7 Å². The van der Waals surface area contributed by atoms with Crippen LogP contribution >= 0.6 is 22.9 Å². The molecule has 2 aromatic rings. The van der Waals surface area contributed by atoms with E-state index in [1.165, 1.54) is 11.3 Å². The molecule has 1 heterocycles. The van der Waals surface area contributed by atoms with Gasteiger partial charge in [0.1, 0.15) is 5.00 Å². The number of benzene rings is 1. The normalized spacial score (nSPS) is 16.2. The molecule has 0 saturated heterocycles. The molecule has 0 radical (unpaired) electrons. The fourth-order valence-corrected chi connectivity index (χ4v) is 5.23. The van der Waals surface area contributed by atoms with E-state index in [9.17, 15) is 9.59 Å². The van der Waals surface area contributed by atoms with E-state index in [0.29, 0.717) is 27.1 Å². The van der Waals surface area contributed by atoms with Crippen LogP contribution < -0.4 is 10.6 Å². The first-order valence-electron chi connectivity index (χ1n) is 9.81. The Morgan fingerprint density at radius 2 is 2.03 bits per heavy atom. The summed E-state index contributed by atoms with van der Waals surface area (Å²) < 4.78 is 0. The van der Waals surface area contributed by atoms with Gasteiger partial charge in [-0.25, -0.2) is 0 Å². The Bertz CT molecular complexity index is 917. The number of amides is 2. The minimum atomic E-state index is -0.297. The summed E-state index contributed by atoms with van der Waals surface area (Å²) >= 11 is 7.49. The van der Waals surface area contributed by atoms with Crippen molar-refractivity contribution in [1.29, 1.82) is 0 Å². The number of hydrogen-bond acceptors (Lipinski definition) is 4. The van der Waals surface area contributed by atoms with Gasteiger partial charge in [0.2, 0.25) is 0 Å². The van der Waals surface area contributed by atoms with Gasteiger partial charge in [-0.2, -0.15) is 0 Å². The van der Waals surface area contributed by atoms with Gasteiger partial charge in [-0.1, -0.05) is 38.4 Å². The van der Waals surface area contributed by atoms with Crippen molar-refractivity contribution in [2.24, 2.45) is 11.3 Å². The van der Waals surface area contributed by atoms with Crippen LogP contribution in [0.3, 0.4) is 0 Å². The van der Waals surface area contributed by atoms with Crippen molar-refractivity contribution in [3.63, 3.8) is 0 Å². The maximum Gasteiger partial charge on any atom is 0.256 e. The lowest BCUT2D eigenvalue weighted by atomic mass is 9.72. The van der Waals surface area contributed by atoms with Crippen LogP contribution in [0, 0.1) is 11.3 Å². The van der Waals surface area contributed by atoms with Crippen molar-refractivity contribution in [1.82, 2.24) is 5.32 Å². The van der Waals surface area contributed by atoms with Crippen LogP contribution in [0.1, 0.15) is 58.3 Å². The van der Waals surface area contributed by atoms with Gasteiger partial charge in [-0.3, -0.25) is 9.59 Å². The predicted octanol–water partition coefficient (Wildman–Crippen LogP) is 4.53. The molecule has 0 unspecified atom stereocenters. The molecule has 0 aliphatic heterocycles. The van der Waals surface area contributed by atoms with Gasteiger partial charge in [0.05, 0.1) is 12.2 Å². The zero-order valence-electron chi connectivity index (χ0n) is 17.0. The Morgan fingerprint density at radius 3 is 2.69 bits per heavy atom. The van der Waals surface area contributed by atoms with E-state index >= 15 is 0 Å². The van der Waals surface area contributed by atoms with Crippen LogP contribution in [0.25, 0.3) is 0 Å². The molecule has 3 rings (SSSR count). The lowest BCUT2D eigenvalue weighted by Gasteiger charge is -2.33. The fourth-order valence-electron chi connectivity index (χ4n) is 3.72. The van der Waals surface area contributed by atoms with Gasteiger partial charge >= 0.3 is 0 Å². The first kappa shape index (κ1) is 21.8. The number of halogens is 1. The SMILES string of the molecule is CC(C)(C)[C@H]1CCc2c(sc(NC(=O)c3cccc(Cl)c3)c2C(=O)NCCO)C1. The summed E-state index contributed by atoms with van der Waals surface area (Å²) in [5, 5.41) is 15.8. The summed E-state index contributed by atoms with van der Waals surface area (Å²) in [6.07, 6.45) is 2.72. The van der Waals surface area contributed by atoms with Crippen molar-refractivity contribution in [2.45, 2.75) is 40.0 Å². The second-order valence-electron chi connectivity index (χ2n) is 8.46. The molecule has 0 saturated carbocycles. The third kappa shape index (κ3) is 5.00. The molecule has 1 aromatic heterocycles. The molecule has 0 fully saturated rings. The van der Waals surface area contributed by atoms with E-state index in [0.717, 1.165) is 29.7 Å². The summed E-state index contributed by atoms with van der Waals surface area (Å²) in [6.45, 7) is 6.77. The number of carbonyl (C=O) groups is 2. The first-order valence-corrected chi connectivity index (χ1v) is 11.0. The standard InChI is InChI=1S/C22H27ClN2O3S/c1-22(2,3)14-7-8-16-17(12-14)29-21(18(16)20(28)24-9-10-26)25-19(27)13-5-4-6-15(23)11-13/h4-6,11,14,26H,7-10,12H2,1-3H3,(H,24,28)(H,25,27)/t14-/m0/s1. The molecule has 1 aliphatic carbocycles. The lowest BCUT2D eigenvalue weighted by Crippen LogP contribution is -2.30. The van der Waals surface area contributed by atoms with Crippen LogP contribution in [-0.4, -0.2) is 30.1 Å². The van der Waals surface area contributed by atoms with E-state index in [1.807, 2.05) is 0 Å². The van der Waals surface area contributed by atoms with Crippen LogP contribution in [0.4, 0.5) is 5.00 Å². The Balaban J connectivity index is 1.94. The van der Waals surface area contributed by atoms with Crippen molar-refractivity contribution in [3.8, 4) is 0 Å². The molecule has 0 bridgehead atoms. The number of anilines is 1. The summed E-state index contributed by atoms with van der Waals surface area (Å²) in [5.74, 6) is -0.0275. The number of hydrogen-bond donors (Lipinski definition) is 3. The predicted molar refractivity (Wildman–Crippen MR) is 118 cm³/mol. The number of carbonyl (C=O) groups excluding carboxylic acids is 2. The largest absolute Gasteiger partial charge is 0.395 e. The average Bonchev–Trinajstić information content (AvgIpc) is 3.02. The molecule has 7 heteroatoms. The zero-order valence-corrected chi connectivity index (χ0v) is 18.5. The minimum absolute atomic E-state index is 0.131. The summed E-state index contributed by atoms with van der Waals surface area (Å²) in [5.41, 5.74) is 2.18. The smallest absolute Gasteiger partial charge is 0.256 e. The molecule has 156 valence electrons. The van der Waals surface area contributed by atoms with Crippen LogP contribution in [0.2, 0.25) is 5.02 Å². The van der Waals surface area contributed by atoms with Crippen molar-refractivity contribution in [2.75, 3.05) is 18.5 Å². The average molecular weight is 435 g/mol. The van der Waals surface area contributed by atoms with E-state index in [2.05, 4.69) is 31.4 Å². The Morgan fingerprint density at radius 1 is 1.28 bits per heavy atom. The second kappa shape index (κ2) is 8.86. The van der Waals surface area contributed by atoms with Crippen LogP contribution in [0.15, 0.2) is 24.3 Å². The Labute approximate surface area is 180 Å². The Kier molecular flexibility index (Phi) is 6.66. The molecule has 2 amide bonds. The number of thiophene rings is 1. The lowest BCUT2D eigenvalue weighted by molar-refractivity contribution is 0.0944. The van der Waals surface area contributed by atoms with Gasteiger partial charge in [0, 0.05) is 22.0 Å². The third-order valence-corrected chi connectivity index (χ3v) is 6.83. The molecule has 1 aliphatic rings. The first-order chi connectivity index (χ1) is 13.7. The highest BCUT2D eigenvalue weighted by Crippen LogP contribution is 2.44. The number of aliphatic hydroxyl groups excluding tert-OH is 1. The molecular formula is C22H27ClN2O3S. The molecule has 0 spiro atoms. The number of fused-ring (bicyclic) bond motifs is 1. The van der Waals surface area contributed by atoms with E-state index in [1.54, 1.807) is 24.3 Å². The maximum absolute atomic E-state index is 12.8. The highest BCUT2D eigenvalue weighted by Gasteiger charge is 2.34. The fraction of sp³-hybridized carbons (Fsp3) is 0.455. The number of rotatable bonds is 5. The maximum atomic E-state index is 12.8. The minimum Gasteiger partial charge on any atom is -0.395 e. The van der Waals surface area contributed by atoms with E-state index in [-0.39, 0.29) is 30.4 Å².